The average molecular weight is 603 g/mol. The summed E-state index contributed by atoms with van der Waals surface area (Å²) in [5.74, 6) is 1.33. The van der Waals surface area contributed by atoms with Gasteiger partial charge in [-0.05, 0) is 105 Å². The highest BCUT2D eigenvalue weighted by molar-refractivity contribution is 8.19. The third kappa shape index (κ3) is 8.22. The normalized spacial score (nSPS) is 17.0. The van der Waals surface area contributed by atoms with E-state index >= 15 is 0 Å². The molecular weight excluding hydrogens is 568 g/mol. The van der Waals surface area contributed by atoms with Crippen LogP contribution in [0.5, 0.6) is 17.2 Å². The lowest BCUT2D eigenvalue weighted by Crippen LogP contribution is -2.44. The number of anilines is 1. The Bertz CT molecular complexity index is 1450. The van der Waals surface area contributed by atoms with Gasteiger partial charge in [-0.1, -0.05) is 12.1 Å². The van der Waals surface area contributed by atoms with Crippen molar-refractivity contribution >= 4 is 40.4 Å². The van der Waals surface area contributed by atoms with Crippen LogP contribution >= 0.6 is 11.8 Å². The Morgan fingerprint density at radius 2 is 1.47 bits per heavy atom. The molecule has 0 atom stereocenters. The Labute approximate surface area is 255 Å². The molecule has 0 spiro atoms. The molecule has 0 radical (unpaired) electrons. The zero-order valence-electron chi connectivity index (χ0n) is 24.0. The van der Waals surface area contributed by atoms with Gasteiger partial charge in [-0.25, -0.2) is 4.90 Å². The molecule has 2 amide bonds. The van der Waals surface area contributed by atoms with Crippen molar-refractivity contribution in [1.82, 2.24) is 9.80 Å². The summed E-state index contributed by atoms with van der Waals surface area (Å²) in [4.78, 5) is 42.6. The van der Waals surface area contributed by atoms with Crippen LogP contribution in [0.2, 0.25) is 0 Å². The maximum Gasteiger partial charge on any atom is 0.298 e. The van der Waals surface area contributed by atoms with E-state index in [4.69, 9.17) is 9.47 Å². The van der Waals surface area contributed by atoms with Crippen molar-refractivity contribution in [2.24, 2.45) is 0 Å². The van der Waals surface area contributed by atoms with Crippen LogP contribution < -0.4 is 14.4 Å². The predicted molar refractivity (Wildman–Crippen MR) is 168 cm³/mol. The number of ether oxygens (including phenoxy) is 2. The second-order valence-corrected chi connectivity index (χ2v) is 11.5. The standard InChI is InChI=1S/C32H34N4O6S/c1-33-18-20-34(21-19-33)17-3-2-4-22-41-27-13-7-25(8-14-27)35-31(37)30(43-32(35)38)23-24-5-11-28(12-6-24)42-29-15-9-26(10-16-29)36(39)40/h5-16,23H,2-4,17-22H2,1H3. The third-order valence-corrected chi connectivity index (χ3v) is 8.20. The van der Waals surface area contributed by atoms with Crippen molar-refractivity contribution in [1.29, 1.82) is 0 Å². The van der Waals surface area contributed by atoms with Gasteiger partial charge in [0.1, 0.15) is 17.2 Å². The first-order chi connectivity index (χ1) is 20.9. The van der Waals surface area contributed by atoms with Crippen LogP contribution in [0, 0.1) is 10.1 Å². The smallest absolute Gasteiger partial charge is 0.298 e. The molecule has 3 aromatic carbocycles. The van der Waals surface area contributed by atoms with E-state index in [1.807, 2.05) is 0 Å². The average Bonchev–Trinajstić information content (AvgIpc) is 3.29. The van der Waals surface area contributed by atoms with E-state index in [0.29, 0.717) is 34.4 Å². The molecule has 0 bridgehead atoms. The van der Waals surface area contributed by atoms with E-state index in [1.54, 1.807) is 54.6 Å². The highest BCUT2D eigenvalue weighted by Gasteiger charge is 2.36. The van der Waals surface area contributed by atoms with Gasteiger partial charge in [0.15, 0.2) is 0 Å². The summed E-state index contributed by atoms with van der Waals surface area (Å²) in [6.07, 6.45) is 4.93. The summed E-state index contributed by atoms with van der Waals surface area (Å²) in [6.45, 7) is 6.34. The number of rotatable bonds is 12. The number of carbonyl (C=O) groups is 2. The molecule has 2 saturated heterocycles. The van der Waals surface area contributed by atoms with E-state index in [2.05, 4.69) is 16.8 Å². The summed E-state index contributed by atoms with van der Waals surface area (Å²) < 4.78 is 11.6. The van der Waals surface area contributed by atoms with Crippen LogP contribution in [0.3, 0.4) is 0 Å². The fourth-order valence-corrected chi connectivity index (χ4v) is 5.65. The highest BCUT2D eigenvalue weighted by atomic mass is 32.2. The first kappa shape index (κ1) is 30.3. The number of benzene rings is 3. The minimum atomic E-state index is -0.469. The molecule has 224 valence electrons. The van der Waals surface area contributed by atoms with E-state index in [9.17, 15) is 19.7 Å². The van der Waals surface area contributed by atoms with Crippen molar-refractivity contribution in [3.8, 4) is 17.2 Å². The zero-order chi connectivity index (χ0) is 30.2. The molecule has 3 aromatic rings. The fraction of sp³-hybridized carbons (Fsp3) is 0.312. The van der Waals surface area contributed by atoms with Crippen LogP contribution in [0.15, 0.2) is 77.7 Å². The Hall–Kier alpha value is -4.19. The summed E-state index contributed by atoms with van der Waals surface area (Å²) in [5.41, 5.74) is 1.21. The number of hydrogen-bond acceptors (Lipinski definition) is 9. The molecule has 5 rings (SSSR count). The molecule has 2 fully saturated rings. The SMILES string of the molecule is CN1CCN(CCCCCOc2ccc(N3C(=O)SC(=Cc4ccc(Oc5ccc([N+](=O)[O-])cc5)cc4)C3=O)cc2)CC1. The Morgan fingerprint density at radius 3 is 2.12 bits per heavy atom. The number of thioether (sulfide) groups is 1. The largest absolute Gasteiger partial charge is 0.494 e. The Morgan fingerprint density at radius 1 is 0.837 bits per heavy atom. The summed E-state index contributed by atoms with van der Waals surface area (Å²) >= 11 is 0.893. The molecule has 2 aliphatic heterocycles. The lowest BCUT2D eigenvalue weighted by molar-refractivity contribution is -0.384. The van der Waals surface area contributed by atoms with Gasteiger partial charge in [0, 0.05) is 38.3 Å². The molecule has 0 aromatic heterocycles. The van der Waals surface area contributed by atoms with Gasteiger partial charge >= 0.3 is 0 Å². The van der Waals surface area contributed by atoms with E-state index in [0.717, 1.165) is 62.9 Å². The van der Waals surface area contributed by atoms with Crippen molar-refractivity contribution in [3.05, 3.63) is 93.4 Å². The van der Waals surface area contributed by atoms with Crippen LogP contribution in [-0.2, 0) is 4.79 Å². The number of nitrogens with zero attached hydrogens (tertiary/aromatic N) is 4. The molecular formula is C32H34N4O6S. The van der Waals surface area contributed by atoms with Gasteiger partial charge in [0.25, 0.3) is 16.8 Å². The number of imide groups is 1. The van der Waals surface area contributed by atoms with Crippen molar-refractivity contribution < 1.29 is 24.0 Å². The summed E-state index contributed by atoms with van der Waals surface area (Å²) in [7, 11) is 2.17. The van der Waals surface area contributed by atoms with Crippen LogP contribution in [0.1, 0.15) is 24.8 Å². The lowest BCUT2D eigenvalue weighted by atomic mass is 10.2. The summed E-state index contributed by atoms with van der Waals surface area (Å²) in [5, 5.41) is 10.5. The fourth-order valence-electron chi connectivity index (χ4n) is 4.81. The molecule has 43 heavy (non-hydrogen) atoms. The predicted octanol–water partition coefficient (Wildman–Crippen LogP) is 6.42. The number of piperazine rings is 1. The van der Waals surface area contributed by atoms with Gasteiger partial charge in [-0.3, -0.25) is 19.7 Å². The number of nitro groups is 1. The van der Waals surface area contributed by atoms with E-state index in [1.165, 1.54) is 35.6 Å². The molecule has 10 nitrogen and oxygen atoms in total. The van der Waals surface area contributed by atoms with E-state index in [-0.39, 0.29) is 16.8 Å². The van der Waals surface area contributed by atoms with Crippen LogP contribution in [0.4, 0.5) is 16.2 Å². The Kier molecular flexibility index (Phi) is 10.1. The topological polar surface area (TPSA) is 105 Å². The monoisotopic (exact) mass is 602 g/mol. The number of carbonyl (C=O) groups excluding carboxylic acids is 2. The number of likely N-dealkylation sites (N-methyl/N-ethyl adjacent to an activating group) is 1. The minimum absolute atomic E-state index is 0.0149. The lowest BCUT2D eigenvalue weighted by Gasteiger charge is -2.32. The summed E-state index contributed by atoms with van der Waals surface area (Å²) in [6, 6.07) is 19.8. The van der Waals surface area contributed by atoms with Crippen molar-refractivity contribution in [3.63, 3.8) is 0 Å². The number of unbranched alkanes of at least 4 members (excludes halogenated alkanes) is 2. The second kappa shape index (κ2) is 14.3. The molecule has 0 unspecified atom stereocenters. The molecule has 11 heteroatoms. The van der Waals surface area contributed by atoms with Crippen LogP contribution in [-0.4, -0.2) is 72.2 Å². The minimum Gasteiger partial charge on any atom is -0.494 e. The maximum atomic E-state index is 13.1. The van der Waals surface area contributed by atoms with Gasteiger partial charge in [0.05, 0.1) is 22.1 Å². The first-order valence-electron chi connectivity index (χ1n) is 14.3. The number of hydrogen-bond donors (Lipinski definition) is 0. The number of nitro benzene ring substituents is 1. The molecule has 2 heterocycles. The van der Waals surface area contributed by atoms with Gasteiger partial charge in [-0.2, -0.15) is 0 Å². The number of non-ortho nitro benzene ring substituents is 1. The Balaban J connectivity index is 1.09. The first-order valence-corrected chi connectivity index (χ1v) is 15.1. The number of amides is 2. The molecule has 0 saturated carbocycles. The van der Waals surface area contributed by atoms with E-state index < -0.39 is 4.92 Å². The highest BCUT2D eigenvalue weighted by Crippen LogP contribution is 2.36. The maximum absolute atomic E-state index is 13.1. The third-order valence-electron chi connectivity index (χ3n) is 7.33. The molecule has 0 aliphatic carbocycles. The van der Waals surface area contributed by atoms with Crippen molar-refractivity contribution in [2.45, 2.75) is 19.3 Å². The van der Waals surface area contributed by atoms with Gasteiger partial charge in [0.2, 0.25) is 0 Å². The zero-order valence-corrected chi connectivity index (χ0v) is 24.8. The molecule has 0 N–H and O–H groups in total. The van der Waals surface area contributed by atoms with Gasteiger partial charge in [-0.15, -0.1) is 0 Å². The quantitative estimate of drug-likeness (QED) is 0.100. The van der Waals surface area contributed by atoms with Crippen LogP contribution in [0.25, 0.3) is 6.08 Å². The van der Waals surface area contributed by atoms with Gasteiger partial charge < -0.3 is 19.3 Å². The van der Waals surface area contributed by atoms with Crippen molar-refractivity contribution in [2.75, 3.05) is 51.3 Å². The molecule has 2 aliphatic rings. The second-order valence-electron chi connectivity index (χ2n) is 10.5.